The number of nitrogens with zero attached hydrogens (tertiary/aromatic N) is 2. The first-order valence-electron chi connectivity index (χ1n) is 7.45. The van der Waals surface area contributed by atoms with E-state index in [1.807, 2.05) is 14.1 Å². The summed E-state index contributed by atoms with van der Waals surface area (Å²) in [6, 6.07) is 4.18. The van der Waals surface area contributed by atoms with Gasteiger partial charge in [0, 0.05) is 25.2 Å². The second kappa shape index (κ2) is 5.72. The van der Waals surface area contributed by atoms with Crippen molar-refractivity contribution >= 4 is 10.0 Å². The van der Waals surface area contributed by atoms with Crippen LogP contribution in [0.4, 0.5) is 0 Å². The molecule has 0 aromatic carbocycles. The minimum absolute atomic E-state index is 0.0644. The molecule has 118 valence electrons. The van der Waals surface area contributed by atoms with Crippen LogP contribution in [0.25, 0.3) is 0 Å². The van der Waals surface area contributed by atoms with E-state index in [0.717, 1.165) is 6.42 Å². The lowest BCUT2D eigenvalue weighted by Gasteiger charge is -2.19. The molecule has 1 unspecified atom stereocenters. The summed E-state index contributed by atoms with van der Waals surface area (Å²) < 4.78 is 32.2. The molecule has 0 spiro atoms. The maximum absolute atomic E-state index is 12.6. The highest BCUT2D eigenvalue weighted by Crippen LogP contribution is 2.25. The van der Waals surface area contributed by atoms with Crippen molar-refractivity contribution in [2.75, 3.05) is 27.2 Å². The Morgan fingerprint density at radius 1 is 1.33 bits per heavy atom. The van der Waals surface area contributed by atoms with Gasteiger partial charge in [-0.25, -0.2) is 8.42 Å². The van der Waals surface area contributed by atoms with Crippen LogP contribution >= 0.6 is 0 Å². The van der Waals surface area contributed by atoms with E-state index in [2.05, 4.69) is 10.2 Å². The fraction of sp³-hybridized carbons (Fsp3) is 0.714. The molecule has 2 heterocycles. The fourth-order valence-corrected chi connectivity index (χ4v) is 4.02. The highest BCUT2D eigenvalue weighted by atomic mass is 32.2. The number of sulfonamides is 1. The van der Waals surface area contributed by atoms with Crippen molar-refractivity contribution in [1.82, 2.24) is 14.5 Å². The number of rotatable bonds is 6. The standard InChI is InChI=1S/C14H23N3O3S/c1-16(2)12-7-8-17(10-12)21(18,19)14-6-5-13(20-14)9-15-11-3-4-11/h5-6,11-12,15H,3-4,7-10H2,1-2H3. The van der Waals surface area contributed by atoms with Crippen LogP contribution in [-0.4, -0.2) is 56.9 Å². The monoisotopic (exact) mass is 313 g/mol. The van der Waals surface area contributed by atoms with Crippen LogP contribution in [0.1, 0.15) is 25.0 Å². The molecule has 3 rings (SSSR count). The first-order valence-corrected chi connectivity index (χ1v) is 8.89. The highest BCUT2D eigenvalue weighted by molar-refractivity contribution is 7.89. The minimum Gasteiger partial charge on any atom is -0.447 e. The molecule has 21 heavy (non-hydrogen) atoms. The summed E-state index contributed by atoms with van der Waals surface area (Å²) >= 11 is 0. The molecule has 1 saturated carbocycles. The highest BCUT2D eigenvalue weighted by Gasteiger charge is 2.35. The van der Waals surface area contributed by atoms with Gasteiger partial charge in [0.1, 0.15) is 5.76 Å². The van der Waals surface area contributed by atoms with Crippen molar-refractivity contribution in [2.24, 2.45) is 0 Å². The van der Waals surface area contributed by atoms with Gasteiger partial charge in [0.2, 0.25) is 5.09 Å². The summed E-state index contributed by atoms with van der Waals surface area (Å²) in [7, 11) is 0.468. The molecule has 1 aromatic heterocycles. The van der Waals surface area contributed by atoms with Crippen molar-refractivity contribution in [3.05, 3.63) is 17.9 Å². The van der Waals surface area contributed by atoms with Gasteiger partial charge >= 0.3 is 0 Å². The molecule has 1 aromatic rings. The molecule has 0 bridgehead atoms. The first-order chi connectivity index (χ1) is 9.96. The Hall–Kier alpha value is -0.890. The smallest absolute Gasteiger partial charge is 0.276 e. The topological polar surface area (TPSA) is 65.8 Å². The summed E-state index contributed by atoms with van der Waals surface area (Å²) in [5.74, 6) is 0.684. The zero-order chi connectivity index (χ0) is 15.0. The van der Waals surface area contributed by atoms with Crippen LogP contribution in [0.3, 0.4) is 0 Å². The molecule has 0 radical (unpaired) electrons. The summed E-state index contributed by atoms with van der Waals surface area (Å²) in [6.45, 7) is 1.69. The first kappa shape index (κ1) is 15.0. The van der Waals surface area contributed by atoms with E-state index in [0.29, 0.717) is 31.4 Å². The van der Waals surface area contributed by atoms with Crippen molar-refractivity contribution < 1.29 is 12.8 Å². The van der Waals surface area contributed by atoms with Gasteiger partial charge in [0.25, 0.3) is 10.0 Å². The molecular formula is C14H23N3O3S. The van der Waals surface area contributed by atoms with E-state index in [9.17, 15) is 8.42 Å². The van der Waals surface area contributed by atoms with Crippen LogP contribution < -0.4 is 5.32 Å². The second-order valence-electron chi connectivity index (χ2n) is 6.15. The molecule has 0 amide bonds. The minimum atomic E-state index is -3.50. The number of nitrogens with one attached hydrogen (secondary N) is 1. The summed E-state index contributed by atoms with van der Waals surface area (Å²) in [6.07, 6.45) is 3.26. The number of likely N-dealkylation sites (N-methyl/N-ethyl adjacent to an activating group) is 1. The van der Waals surface area contributed by atoms with Crippen molar-refractivity contribution in [3.8, 4) is 0 Å². The molecule has 1 aliphatic carbocycles. The Kier molecular flexibility index (Phi) is 4.09. The third kappa shape index (κ3) is 3.31. The lowest BCUT2D eigenvalue weighted by molar-refractivity contribution is 0.300. The van der Waals surface area contributed by atoms with Gasteiger partial charge in [-0.2, -0.15) is 4.31 Å². The summed E-state index contributed by atoms with van der Waals surface area (Å²) in [5, 5.41) is 3.38. The van der Waals surface area contributed by atoms with Gasteiger partial charge in [0.15, 0.2) is 0 Å². The van der Waals surface area contributed by atoms with Crippen LogP contribution in [0.5, 0.6) is 0 Å². The Morgan fingerprint density at radius 2 is 2.10 bits per heavy atom. The van der Waals surface area contributed by atoms with E-state index in [4.69, 9.17) is 4.42 Å². The molecule has 2 aliphatic rings. The molecule has 1 N–H and O–H groups in total. The second-order valence-corrected chi connectivity index (χ2v) is 8.01. The van der Waals surface area contributed by atoms with Gasteiger partial charge < -0.3 is 14.6 Å². The van der Waals surface area contributed by atoms with E-state index < -0.39 is 10.0 Å². The Balaban J connectivity index is 1.66. The zero-order valence-corrected chi connectivity index (χ0v) is 13.4. The normalized spacial score (nSPS) is 24.0. The lowest BCUT2D eigenvalue weighted by Crippen LogP contribution is -2.34. The van der Waals surface area contributed by atoms with Gasteiger partial charge in [-0.15, -0.1) is 0 Å². The molecule has 6 nitrogen and oxygen atoms in total. The Labute approximate surface area is 126 Å². The van der Waals surface area contributed by atoms with Gasteiger partial charge in [-0.3, -0.25) is 0 Å². The Bertz CT molecular complexity index is 592. The molecular weight excluding hydrogens is 290 g/mol. The number of hydrogen-bond acceptors (Lipinski definition) is 5. The average Bonchev–Trinajstić information content (AvgIpc) is 2.96. The maximum atomic E-state index is 12.6. The van der Waals surface area contributed by atoms with Gasteiger partial charge in [-0.1, -0.05) is 0 Å². The molecule has 1 atom stereocenters. The lowest BCUT2D eigenvalue weighted by atomic mass is 10.2. The predicted molar refractivity (Wildman–Crippen MR) is 79.4 cm³/mol. The fourth-order valence-electron chi connectivity index (χ4n) is 2.60. The predicted octanol–water partition coefficient (Wildman–Crippen LogP) is 0.856. The molecule has 7 heteroatoms. The van der Waals surface area contributed by atoms with Gasteiger partial charge in [-0.05, 0) is 45.5 Å². The SMILES string of the molecule is CN(C)C1CCN(S(=O)(=O)c2ccc(CNC3CC3)o2)C1. The maximum Gasteiger partial charge on any atom is 0.276 e. The third-order valence-corrected chi connectivity index (χ3v) is 5.97. The van der Waals surface area contributed by atoms with Crippen LogP contribution in [0.15, 0.2) is 21.6 Å². The van der Waals surface area contributed by atoms with E-state index in [1.54, 1.807) is 12.1 Å². The van der Waals surface area contributed by atoms with Crippen LogP contribution in [0, 0.1) is 0 Å². The summed E-state index contributed by atoms with van der Waals surface area (Å²) in [5.41, 5.74) is 0. The largest absolute Gasteiger partial charge is 0.447 e. The number of furan rings is 1. The zero-order valence-electron chi connectivity index (χ0n) is 12.6. The average molecular weight is 313 g/mol. The number of hydrogen-bond donors (Lipinski definition) is 1. The third-order valence-electron chi connectivity index (χ3n) is 4.23. The molecule has 2 fully saturated rings. The van der Waals surface area contributed by atoms with Crippen LogP contribution in [0.2, 0.25) is 0 Å². The summed E-state index contributed by atoms with van der Waals surface area (Å²) in [4.78, 5) is 2.07. The Morgan fingerprint density at radius 3 is 2.71 bits per heavy atom. The molecule has 1 saturated heterocycles. The van der Waals surface area contributed by atoms with E-state index in [1.165, 1.54) is 17.1 Å². The van der Waals surface area contributed by atoms with Crippen molar-refractivity contribution in [3.63, 3.8) is 0 Å². The van der Waals surface area contributed by atoms with Crippen molar-refractivity contribution in [2.45, 2.75) is 43.0 Å². The van der Waals surface area contributed by atoms with E-state index >= 15 is 0 Å². The van der Waals surface area contributed by atoms with Crippen molar-refractivity contribution in [1.29, 1.82) is 0 Å². The van der Waals surface area contributed by atoms with E-state index in [-0.39, 0.29) is 11.1 Å². The molecule has 1 aliphatic heterocycles. The van der Waals surface area contributed by atoms with Crippen LogP contribution in [-0.2, 0) is 16.6 Å². The quantitative estimate of drug-likeness (QED) is 0.844. The van der Waals surface area contributed by atoms with Gasteiger partial charge in [0.05, 0.1) is 6.54 Å².